The van der Waals surface area contributed by atoms with Crippen molar-refractivity contribution in [1.82, 2.24) is 4.90 Å². The monoisotopic (exact) mass is 400 g/mol. The Bertz CT molecular complexity index is 757. The van der Waals surface area contributed by atoms with Gasteiger partial charge >= 0.3 is 0 Å². The minimum atomic E-state index is -0.591. The number of carbonyl (C=O) groups is 1. The van der Waals surface area contributed by atoms with E-state index in [1.807, 2.05) is 30.9 Å². The van der Waals surface area contributed by atoms with Gasteiger partial charge in [0.1, 0.15) is 0 Å². The van der Waals surface area contributed by atoms with Gasteiger partial charge in [-0.1, -0.05) is 56.3 Å². The van der Waals surface area contributed by atoms with Crippen LogP contribution in [0.5, 0.6) is 0 Å². The summed E-state index contributed by atoms with van der Waals surface area (Å²) in [6.45, 7) is 10.3. The highest BCUT2D eigenvalue weighted by molar-refractivity contribution is 5.84. The molecule has 0 radical (unpaired) electrons. The highest BCUT2D eigenvalue weighted by Crippen LogP contribution is 2.17. The van der Waals surface area contributed by atoms with E-state index in [2.05, 4.69) is 44.2 Å². The summed E-state index contributed by atoms with van der Waals surface area (Å²) < 4.78 is 11.3. The molecule has 2 rings (SSSR count). The van der Waals surface area contributed by atoms with Crippen LogP contribution in [0.15, 0.2) is 42.5 Å². The summed E-state index contributed by atoms with van der Waals surface area (Å²) in [5.74, 6) is 0.447. The summed E-state index contributed by atoms with van der Waals surface area (Å²) in [5, 5.41) is 2.35. The maximum Gasteiger partial charge on any atom is 0.240 e. The zero-order valence-electron chi connectivity index (χ0n) is 18.3. The predicted octanol–water partition coefficient (Wildman–Crippen LogP) is 3.98. The SMILES string of the molecule is CCOC(CN(CCC(C)C)C(=O)C(N)Cc1ccc2ccccc2c1)OCC. The van der Waals surface area contributed by atoms with Gasteiger partial charge in [-0.05, 0) is 48.9 Å². The fourth-order valence-electron chi connectivity index (χ4n) is 3.35. The zero-order chi connectivity index (χ0) is 21.2. The van der Waals surface area contributed by atoms with Crippen molar-refractivity contribution in [3.63, 3.8) is 0 Å². The lowest BCUT2D eigenvalue weighted by atomic mass is 10.0. The third-order valence-corrected chi connectivity index (χ3v) is 4.95. The molecular weight excluding hydrogens is 364 g/mol. The molecule has 0 heterocycles. The summed E-state index contributed by atoms with van der Waals surface area (Å²) in [7, 11) is 0. The number of nitrogens with two attached hydrogens (primary N) is 1. The molecule has 0 aliphatic rings. The first-order valence-corrected chi connectivity index (χ1v) is 10.7. The lowest BCUT2D eigenvalue weighted by molar-refractivity contribution is -0.159. The molecular formula is C24H36N2O3. The van der Waals surface area contributed by atoms with Crippen LogP contribution in [0.4, 0.5) is 0 Å². The number of amides is 1. The quantitative estimate of drug-likeness (QED) is 0.547. The molecule has 1 atom stereocenters. The fraction of sp³-hybridized carbons (Fsp3) is 0.542. The van der Waals surface area contributed by atoms with E-state index in [9.17, 15) is 4.79 Å². The van der Waals surface area contributed by atoms with Crippen molar-refractivity contribution in [1.29, 1.82) is 0 Å². The standard InChI is InChI=1S/C24H36N2O3/c1-5-28-23(29-6-2)17-26(14-13-18(3)4)24(27)22(25)16-19-11-12-20-9-7-8-10-21(20)15-19/h7-12,15,18,22-23H,5-6,13-14,16-17,25H2,1-4H3. The summed E-state index contributed by atoms with van der Waals surface area (Å²) in [4.78, 5) is 15.0. The molecule has 0 saturated carbocycles. The number of nitrogens with zero attached hydrogens (tertiary/aromatic N) is 1. The van der Waals surface area contributed by atoms with Crippen molar-refractivity contribution in [3.05, 3.63) is 48.0 Å². The molecule has 0 spiro atoms. The van der Waals surface area contributed by atoms with E-state index in [4.69, 9.17) is 15.2 Å². The van der Waals surface area contributed by atoms with Crippen LogP contribution >= 0.6 is 0 Å². The van der Waals surface area contributed by atoms with Crippen LogP contribution in [-0.4, -0.2) is 49.4 Å². The van der Waals surface area contributed by atoms with Gasteiger partial charge in [0.2, 0.25) is 5.91 Å². The van der Waals surface area contributed by atoms with Gasteiger partial charge in [-0.2, -0.15) is 0 Å². The van der Waals surface area contributed by atoms with Crippen LogP contribution < -0.4 is 5.73 Å². The Morgan fingerprint density at radius 1 is 1.03 bits per heavy atom. The maximum atomic E-state index is 13.2. The molecule has 0 aliphatic carbocycles. The van der Waals surface area contributed by atoms with Crippen molar-refractivity contribution in [2.45, 2.75) is 52.9 Å². The Kier molecular flexibility index (Phi) is 9.58. The van der Waals surface area contributed by atoms with Crippen molar-refractivity contribution < 1.29 is 14.3 Å². The second-order valence-electron chi connectivity index (χ2n) is 7.80. The van der Waals surface area contributed by atoms with Crippen LogP contribution in [0.3, 0.4) is 0 Å². The van der Waals surface area contributed by atoms with E-state index >= 15 is 0 Å². The van der Waals surface area contributed by atoms with Gasteiger partial charge in [0.15, 0.2) is 6.29 Å². The average molecular weight is 401 g/mol. The molecule has 5 nitrogen and oxygen atoms in total. The van der Waals surface area contributed by atoms with Gasteiger partial charge < -0.3 is 20.1 Å². The van der Waals surface area contributed by atoms with Crippen LogP contribution in [0.1, 0.15) is 39.7 Å². The van der Waals surface area contributed by atoms with Crippen LogP contribution in [0.25, 0.3) is 10.8 Å². The van der Waals surface area contributed by atoms with Crippen molar-refractivity contribution in [2.24, 2.45) is 11.7 Å². The first kappa shape index (κ1) is 23.3. The topological polar surface area (TPSA) is 64.8 Å². The Morgan fingerprint density at radius 2 is 1.69 bits per heavy atom. The van der Waals surface area contributed by atoms with E-state index in [-0.39, 0.29) is 5.91 Å². The third kappa shape index (κ3) is 7.42. The van der Waals surface area contributed by atoms with Crippen molar-refractivity contribution in [2.75, 3.05) is 26.3 Å². The second-order valence-corrected chi connectivity index (χ2v) is 7.80. The normalized spacial score (nSPS) is 12.7. The Labute approximate surface area is 175 Å². The van der Waals surface area contributed by atoms with Gasteiger partial charge in [-0.25, -0.2) is 0 Å². The minimum absolute atomic E-state index is 0.0526. The van der Waals surface area contributed by atoms with E-state index in [1.54, 1.807) is 0 Å². The molecule has 1 unspecified atom stereocenters. The van der Waals surface area contributed by atoms with E-state index in [0.29, 0.717) is 38.6 Å². The number of carbonyl (C=O) groups excluding carboxylic acids is 1. The van der Waals surface area contributed by atoms with Gasteiger partial charge in [-0.3, -0.25) is 4.79 Å². The van der Waals surface area contributed by atoms with Crippen LogP contribution in [0, 0.1) is 5.92 Å². The largest absolute Gasteiger partial charge is 0.351 e. The Hall–Kier alpha value is -1.95. The third-order valence-electron chi connectivity index (χ3n) is 4.95. The molecule has 29 heavy (non-hydrogen) atoms. The molecule has 160 valence electrons. The average Bonchev–Trinajstić information content (AvgIpc) is 2.70. The molecule has 0 fully saturated rings. The number of ether oxygens (including phenoxy) is 2. The highest BCUT2D eigenvalue weighted by atomic mass is 16.7. The smallest absolute Gasteiger partial charge is 0.240 e. The minimum Gasteiger partial charge on any atom is -0.351 e. The van der Waals surface area contributed by atoms with Crippen molar-refractivity contribution >= 4 is 16.7 Å². The number of hydrogen-bond acceptors (Lipinski definition) is 4. The van der Waals surface area contributed by atoms with E-state index < -0.39 is 12.3 Å². The first-order valence-electron chi connectivity index (χ1n) is 10.7. The molecule has 0 aliphatic heterocycles. The highest BCUT2D eigenvalue weighted by Gasteiger charge is 2.25. The van der Waals surface area contributed by atoms with Gasteiger partial charge in [0.05, 0.1) is 12.6 Å². The first-order chi connectivity index (χ1) is 13.9. The lowest BCUT2D eigenvalue weighted by Crippen LogP contribution is -2.49. The number of benzene rings is 2. The molecule has 0 aromatic heterocycles. The molecule has 1 amide bonds. The zero-order valence-corrected chi connectivity index (χ0v) is 18.3. The van der Waals surface area contributed by atoms with Gasteiger partial charge in [-0.15, -0.1) is 0 Å². The number of hydrogen-bond donors (Lipinski definition) is 1. The molecule has 0 bridgehead atoms. The molecule has 2 aromatic rings. The Balaban J connectivity index is 2.09. The van der Waals surface area contributed by atoms with E-state index in [0.717, 1.165) is 17.4 Å². The number of rotatable bonds is 12. The molecule has 5 heteroatoms. The summed E-state index contributed by atoms with van der Waals surface area (Å²) in [5.41, 5.74) is 7.42. The van der Waals surface area contributed by atoms with Gasteiger partial charge in [0.25, 0.3) is 0 Å². The van der Waals surface area contributed by atoms with E-state index in [1.165, 1.54) is 5.39 Å². The van der Waals surface area contributed by atoms with Crippen LogP contribution in [0.2, 0.25) is 0 Å². The lowest BCUT2D eigenvalue weighted by Gasteiger charge is -2.30. The maximum absolute atomic E-state index is 13.2. The fourth-order valence-corrected chi connectivity index (χ4v) is 3.35. The van der Waals surface area contributed by atoms with Crippen LogP contribution in [-0.2, 0) is 20.7 Å². The predicted molar refractivity (Wildman–Crippen MR) is 119 cm³/mol. The van der Waals surface area contributed by atoms with Crippen molar-refractivity contribution in [3.8, 4) is 0 Å². The summed E-state index contributed by atoms with van der Waals surface area (Å²) >= 11 is 0. The van der Waals surface area contributed by atoms with Gasteiger partial charge in [0, 0.05) is 19.8 Å². The molecule has 2 aromatic carbocycles. The summed E-state index contributed by atoms with van der Waals surface area (Å²) in [6.07, 6.45) is 1.00. The Morgan fingerprint density at radius 3 is 2.31 bits per heavy atom. The number of fused-ring (bicyclic) bond motifs is 1. The second kappa shape index (κ2) is 11.9. The molecule has 2 N–H and O–H groups in total. The summed E-state index contributed by atoms with van der Waals surface area (Å²) in [6, 6.07) is 13.9. The molecule has 0 saturated heterocycles.